The highest BCUT2D eigenvalue weighted by Gasteiger charge is 2.38. The fraction of sp³-hybridized carbons (Fsp3) is 0.500. The van der Waals surface area contributed by atoms with Crippen molar-refractivity contribution in [2.45, 2.75) is 25.9 Å². The second-order valence-corrected chi connectivity index (χ2v) is 5.47. The van der Waals surface area contributed by atoms with E-state index in [1.165, 1.54) is 0 Å². The fourth-order valence-corrected chi connectivity index (χ4v) is 2.16. The van der Waals surface area contributed by atoms with Gasteiger partial charge in [0.25, 0.3) is 5.91 Å². The second kappa shape index (κ2) is 8.45. The SMILES string of the molecule is Cc1cnc(N2CCC(C(=O)O)CC2)nc1C(N)=O.O=C(O)C(F)(F)F. The van der Waals surface area contributed by atoms with E-state index in [1.807, 2.05) is 4.90 Å². The number of carboxylic acids is 2. The number of alkyl halides is 3. The van der Waals surface area contributed by atoms with Gasteiger partial charge in [0.2, 0.25) is 5.95 Å². The third-order valence-corrected chi connectivity index (χ3v) is 3.56. The Morgan fingerprint density at radius 3 is 2.12 bits per heavy atom. The Balaban J connectivity index is 0.000000412. The first kappa shape index (κ1) is 21.1. The second-order valence-electron chi connectivity index (χ2n) is 5.47. The molecule has 2 rings (SSSR count). The maximum Gasteiger partial charge on any atom is 0.490 e. The minimum Gasteiger partial charge on any atom is -0.481 e. The maximum atomic E-state index is 11.2. The third kappa shape index (κ3) is 5.86. The van der Waals surface area contributed by atoms with Crippen molar-refractivity contribution in [3.63, 3.8) is 0 Å². The van der Waals surface area contributed by atoms with E-state index in [4.69, 9.17) is 20.7 Å². The number of aliphatic carboxylic acids is 2. The molecular weight excluding hydrogens is 361 g/mol. The number of anilines is 1. The molecule has 2 heterocycles. The van der Waals surface area contributed by atoms with Gasteiger partial charge in [-0.2, -0.15) is 13.2 Å². The molecule has 1 aromatic rings. The van der Waals surface area contributed by atoms with Gasteiger partial charge in [-0.1, -0.05) is 0 Å². The first-order valence-electron chi connectivity index (χ1n) is 7.34. The zero-order valence-corrected chi connectivity index (χ0v) is 13.7. The van der Waals surface area contributed by atoms with Crippen LogP contribution < -0.4 is 10.6 Å². The van der Waals surface area contributed by atoms with Crippen LogP contribution in [0.15, 0.2) is 6.20 Å². The summed E-state index contributed by atoms with van der Waals surface area (Å²) < 4.78 is 31.7. The number of nitrogens with zero attached hydrogens (tertiary/aromatic N) is 3. The fourth-order valence-electron chi connectivity index (χ4n) is 2.16. The molecule has 1 amide bonds. The number of primary amides is 1. The van der Waals surface area contributed by atoms with Crippen molar-refractivity contribution in [3.05, 3.63) is 17.5 Å². The van der Waals surface area contributed by atoms with Crippen LogP contribution in [-0.4, -0.2) is 57.3 Å². The topological polar surface area (TPSA) is 147 Å². The molecule has 1 aliphatic heterocycles. The summed E-state index contributed by atoms with van der Waals surface area (Å²) >= 11 is 0. The van der Waals surface area contributed by atoms with Crippen molar-refractivity contribution in [3.8, 4) is 0 Å². The number of carbonyl (C=O) groups excluding carboxylic acids is 1. The van der Waals surface area contributed by atoms with E-state index >= 15 is 0 Å². The summed E-state index contributed by atoms with van der Waals surface area (Å²) in [5.74, 6) is -3.98. The van der Waals surface area contributed by atoms with E-state index in [-0.39, 0.29) is 11.6 Å². The van der Waals surface area contributed by atoms with Crippen LogP contribution in [0.5, 0.6) is 0 Å². The largest absolute Gasteiger partial charge is 0.490 e. The monoisotopic (exact) mass is 378 g/mol. The Morgan fingerprint density at radius 1 is 1.23 bits per heavy atom. The molecule has 26 heavy (non-hydrogen) atoms. The van der Waals surface area contributed by atoms with Crippen molar-refractivity contribution in [1.82, 2.24) is 9.97 Å². The lowest BCUT2D eigenvalue weighted by Crippen LogP contribution is -2.37. The summed E-state index contributed by atoms with van der Waals surface area (Å²) in [5.41, 5.74) is 6.10. The van der Waals surface area contributed by atoms with E-state index in [0.717, 1.165) is 0 Å². The lowest BCUT2D eigenvalue weighted by Gasteiger charge is -2.30. The number of hydrogen-bond donors (Lipinski definition) is 3. The Morgan fingerprint density at radius 2 is 1.73 bits per heavy atom. The molecule has 1 aromatic heterocycles. The standard InChI is InChI=1S/C12H16N4O3.C2HF3O2/c1-7-6-14-12(15-9(7)10(13)17)16-4-2-8(3-5-16)11(18)19;3-2(4,5)1(6)7/h6,8H,2-5H2,1H3,(H2,13,17)(H,18,19);(H,6,7). The van der Waals surface area contributed by atoms with E-state index < -0.39 is 24.0 Å². The Kier molecular flexibility index (Phi) is 6.86. The first-order chi connectivity index (χ1) is 11.9. The van der Waals surface area contributed by atoms with Gasteiger partial charge in [0, 0.05) is 19.3 Å². The minimum atomic E-state index is -5.08. The number of aryl methyl sites for hydroxylation is 1. The highest BCUT2D eigenvalue weighted by Crippen LogP contribution is 2.21. The molecule has 144 valence electrons. The van der Waals surface area contributed by atoms with E-state index in [9.17, 15) is 22.8 Å². The zero-order valence-electron chi connectivity index (χ0n) is 13.7. The number of halogens is 3. The molecular formula is C14H17F3N4O5. The number of carboxylic acid groups (broad SMARTS) is 2. The quantitative estimate of drug-likeness (QED) is 0.700. The van der Waals surface area contributed by atoms with Crippen LogP contribution >= 0.6 is 0 Å². The summed E-state index contributed by atoms with van der Waals surface area (Å²) in [5, 5.41) is 16.1. The summed E-state index contributed by atoms with van der Waals surface area (Å²) in [4.78, 5) is 41.2. The smallest absolute Gasteiger partial charge is 0.481 e. The molecule has 0 aliphatic carbocycles. The van der Waals surface area contributed by atoms with Gasteiger partial charge in [0.05, 0.1) is 5.92 Å². The number of piperidine rings is 1. The van der Waals surface area contributed by atoms with Crippen molar-refractivity contribution in [2.75, 3.05) is 18.0 Å². The average molecular weight is 378 g/mol. The van der Waals surface area contributed by atoms with Crippen molar-refractivity contribution in [1.29, 1.82) is 0 Å². The molecule has 1 aliphatic rings. The lowest BCUT2D eigenvalue weighted by atomic mass is 9.97. The van der Waals surface area contributed by atoms with Crippen LogP contribution in [0, 0.1) is 12.8 Å². The molecule has 0 atom stereocenters. The normalized spacial score (nSPS) is 15.0. The van der Waals surface area contributed by atoms with Gasteiger partial charge in [-0.15, -0.1) is 0 Å². The van der Waals surface area contributed by atoms with Crippen LogP contribution in [0.3, 0.4) is 0 Å². The lowest BCUT2D eigenvalue weighted by molar-refractivity contribution is -0.192. The molecule has 0 saturated carbocycles. The van der Waals surface area contributed by atoms with E-state index in [2.05, 4.69) is 9.97 Å². The minimum absolute atomic E-state index is 0.213. The van der Waals surface area contributed by atoms with Gasteiger partial charge in [-0.05, 0) is 25.3 Å². The van der Waals surface area contributed by atoms with E-state index in [1.54, 1.807) is 13.1 Å². The number of aromatic nitrogens is 2. The van der Waals surface area contributed by atoms with Gasteiger partial charge < -0.3 is 20.8 Å². The average Bonchev–Trinajstić information content (AvgIpc) is 2.54. The molecule has 0 radical (unpaired) electrons. The van der Waals surface area contributed by atoms with Gasteiger partial charge in [0.15, 0.2) is 0 Å². The number of hydrogen-bond acceptors (Lipinski definition) is 6. The molecule has 0 aromatic carbocycles. The van der Waals surface area contributed by atoms with Crippen molar-refractivity contribution >= 4 is 23.8 Å². The van der Waals surface area contributed by atoms with Crippen LogP contribution in [0.1, 0.15) is 28.9 Å². The maximum absolute atomic E-state index is 11.2. The molecule has 0 spiro atoms. The molecule has 12 heteroatoms. The highest BCUT2D eigenvalue weighted by molar-refractivity contribution is 5.92. The van der Waals surface area contributed by atoms with Gasteiger partial charge in [-0.25, -0.2) is 14.8 Å². The van der Waals surface area contributed by atoms with E-state index in [0.29, 0.717) is 37.4 Å². The zero-order chi connectivity index (χ0) is 20.1. The van der Waals surface area contributed by atoms with Gasteiger partial charge in [0.1, 0.15) is 5.69 Å². The summed E-state index contributed by atoms with van der Waals surface area (Å²) in [7, 11) is 0. The first-order valence-corrected chi connectivity index (χ1v) is 7.34. The summed E-state index contributed by atoms with van der Waals surface area (Å²) in [6, 6.07) is 0. The molecule has 4 N–H and O–H groups in total. The number of carbonyl (C=O) groups is 3. The van der Waals surface area contributed by atoms with Crippen molar-refractivity contribution in [2.24, 2.45) is 11.7 Å². The Hall–Kier alpha value is -2.92. The molecule has 1 saturated heterocycles. The third-order valence-electron chi connectivity index (χ3n) is 3.56. The number of amides is 1. The Labute approximate surface area is 145 Å². The van der Waals surface area contributed by atoms with Crippen LogP contribution in [0.25, 0.3) is 0 Å². The number of nitrogens with two attached hydrogens (primary N) is 1. The molecule has 9 nitrogen and oxygen atoms in total. The van der Waals surface area contributed by atoms with Crippen LogP contribution in [0.2, 0.25) is 0 Å². The van der Waals surface area contributed by atoms with Crippen LogP contribution in [0.4, 0.5) is 19.1 Å². The molecule has 0 bridgehead atoms. The number of rotatable bonds is 3. The van der Waals surface area contributed by atoms with Crippen molar-refractivity contribution < 1.29 is 37.8 Å². The molecule has 0 unspecified atom stereocenters. The molecule has 1 fully saturated rings. The summed E-state index contributed by atoms with van der Waals surface area (Å²) in [6.07, 6.45) is -2.41. The van der Waals surface area contributed by atoms with Crippen LogP contribution in [-0.2, 0) is 9.59 Å². The predicted molar refractivity (Wildman–Crippen MR) is 81.6 cm³/mol. The highest BCUT2D eigenvalue weighted by atomic mass is 19.4. The van der Waals surface area contributed by atoms with Gasteiger partial charge in [-0.3, -0.25) is 9.59 Å². The Bertz CT molecular complexity index is 688. The van der Waals surface area contributed by atoms with Gasteiger partial charge >= 0.3 is 18.1 Å². The predicted octanol–water partition coefficient (Wildman–Crippen LogP) is 0.818. The summed E-state index contributed by atoms with van der Waals surface area (Å²) in [6.45, 7) is 2.86.